The van der Waals surface area contributed by atoms with Gasteiger partial charge in [0.2, 0.25) is 5.91 Å². The zero-order chi connectivity index (χ0) is 19.2. The predicted molar refractivity (Wildman–Crippen MR) is 103 cm³/mol. The number of ether oxygens (including phenoxy) is 3. The van der Waals surface area contributed by atoms with E-state index >= 15 is 0 Å². The smallest absolute Gasteiger partial charge is 0.250 e. The number of aromatic nitrogens is 1. The van der Waals surface area contributed by atoms with Gasteiger partial charge in [0.05, 0.1) is 36.4 Å². The first-order valence-electron chi connectivity index (χ1n) is 7.89. The molecule has 1 N–H and O–H groups in total. The molecule has 0 saturated heterocycles. The predicted octanol–water partition coefficient (Wildman–Crippen LogP) is 4.23. The molecule has 142 valence electrons. The van der Waals surface area contributed by atoms with Gasteiger partial charge >= 0.3 is 0 Å². The number of methoxy groups -OCH3 is 2. The van der Waals surface area contributed by atoms with Crippen LogP contribution in [0.1, 0.15) is 5.69 Å². The minimum absolute atomic E-state index is 0.156. The molecule has 0 aliphatic heterocycles. The van der Waals surface area contributed by atoms with Crippen molar-refractivity contribution in [1.29, 1.82) is 0 Å². The number of carbonyl (C=O) groups excluding carboxylic acids is 1. The van der Waals surface area contributed by atoms with Crippen LogP contribution in [-0.2, 0) is 16.1 Å². The van der Waals surface area contributed by atoms with E-state index < -0.39 is 0 Å². The van der Waals surface area contributed by atoms with Gasteiger partial charge in [-0.25, -0.2) is 0 Å². The SMILES string of the molecule is COc1cc(OC)c(NC(=O)COCc2cc(-c3cccs3)on2)cc1Cl. The summed E-state index contributed by atoms with van der Waals surface area (Å²) in [5.74, 6) is 1.21. The van der Waals surface area contributed by atoms with Crippen molar-refractivity contribution in [2.45, 2.75) is 6.61 Å². The van der Waals surface area contributed by atoms with Crippen LogP contribution in [0.5, 0.6) is 11.5 Å². The molecule has 0 aliphatic rings. The lowest BCUT2D eigenvalue weighted by Gasteiger charge is -2.13. The summed E-state index contributed by atoms with van der Waals surface area (Å²) in [6, 6.07) is 8.82. The Bertz CT molecular complexity index is 911. The maximum atomic E-state index is 12.1. The quantitative estimate of drug-likeness (QED) is 0.600. The summed E-state index contributed by atoms with van der Waals surface area (Å²) in [6.07, 6.45) is 0. The van der Waals surface area contributed by atoms with E-state index in [0.717, 1.165) is 4.88 Å². The molecular weight excluding hydrogens is 392 g/mol. The van der Waals surface area contributed by atoms with Gasteiger partial charge in [0.1, 0.15) is 23.8 Å². The molecule has 1 aromatic carbocycles. The number of nitrogens with zero attached hydrogens (tertiary/aromatic N) is 1. The molecule has 0 radical (unpaired) electrons. The number of thiophene rings is 1. The highest BCUT2D eigenvalue weighted by atomic mass is 35.5. The number of rotatable bonds is 8. The summed E-state index contributed by atoms with van der Waals surface area (Å²) in [7, 11) is 2.99. The van der Waals surface area contributed by atoms with Gasteiger partial charge in [-0.05, 0) is 17.5 Å². The Morgan fingerprint density at radius 3 is 2.78 bits per heavy atom. The fourth-order valence-corrected chi connectivity index (χ4v) is 3.22. The number of benzene rings is 1. The molecule has 0 fully saturated rings. The van der Waals surface area contributed by atoms with Crippen LogP contribution >= 0.6 is 22.9 Å². The van der Waals surface area contributed by atoms with Crippen LogP contribution in [0.3, 0.4) is 0 Å². The molecular formula is C18H17ClN2O5S. The summed E-state index contributed by atoms with van der Waals surface area (Å²) >= 11 is 7.65. The van der Waals surface area contributed by atoms with Crippen molar-refractivity contribution >= 4 is 34.5 Å². The van der Waals surface area contributed by atoms with E-state index in [1.54, 1.807) is 29.5 Å². The second-order valence-electron chi connectivity index (χ2n) is 5.39. The van der Waals surface area contributed by atoms with Gasteiger partial charge < -0.3 is 24.1 Å². The van der Waals surface area contributed by atoms with Crippen molar-refractivity contribution in [3.8, 4) is 22.1 Å². The van der Waals surface area contributed by atoms with Crippen LogP contribution in [0.15, 0.2) is 40.2 Å². The molecule has 27 heavy (non-hydrogen) atoms. The average molecular weight is 409 g/mol. The van der Waals surface area contributed by atoms with E-state index in [0.29, 0.717) is 33.7 Å². The number of carbonyl (C=O) groups is 1. The summed E-state index contributed by atoms with van der Waals surface area (Å²) in [5.41, 5.74) is 1.04. The summed E-state index contributed by atoms with van der Waals surface area (Å²) < 4.78 is 21.0. The number of nitrogens with one attached hydrogen (secondary N) is 1. The highest BCUT2D eigenvalue weighted by Gasteiger charge is 2.13. The first-order valence-corrected chi connectivity index (χ1v) is 9.15. The van der Waals surface area contributed by atoms with E-state index in [4.69, 9.17) is 30.3 Å². The Balaban J connectivity index is 1.54. The molecule has 0 bridgehead atoms. The van der Waals surface area contributed by atoms with Gasteiger partial charge in [0.15, 0.2) is 5.76 Å². The number of hydrogen-bond donors (Lipinski definition) is 1. The van der Waals surface area contributed by atoms with Crippen LogP contribution in [0.4, 0.5) is 5.69 Å². The van der Waals surface area contributed by atoms with Gasteiger partial charge in [0, 0.05) is 12.1 Å². The zero-order valence-electron chi connectivity index (χ0n) is 14.7. The molecule has 1 amide bonds. The number of anilines is 1. The average Bonchev–Trinajstić information content (AvgIpc) is 3.33. The second kappa shape index (κ2) is 8.90. The molecule has 0 atom stereocenters. The number of hydrogen-bond acceptors (Lipinski definition) is 7. The highest BCUT2D eigenvalue weighted by molar-refractivity contribution is 7.13. The Labute approximate surface area is 164 Å². The monoisotopic (exact) mass is 408 g/mol. The third-order valence-corrected chi connectivity index (χ3v) is 4.73. The van der Waals surface area contributed by atoms with E-state index in [1.165, 1.54) is 14.2 Å². The third kappa shape index (κ3) is 4.79. The summed E-state index contributed by atoms with van der Waals surface area (Å²) in [5, 5.41) is 8.95. The molecule has 9 heteroatoms. The summed E-state index contributed by atoms with van der Waals surface area (Å²) in [6.45, 7) is -0.00318. The lowest BCUT2D eigenvalue weighted by molar-refractivity contribution is -0.121. The van der Waals surface area contributed by atoms with E-state index in [2.05, 4.69) is 10.5 Å². The Morgan fingerprint density at radius 2 is 2.07 bits per heavy atom. The zero-order valence-corrected chi connectivity index (χ0v) is 16.2. The van der Waals surface area contributed by atoms with E-state index in [1.807, 2.05) is 17.5 Å². The van der Waals surface area contributed by atoms with Gasteiger partial charge in [-0.15, -0.1) is 11.3 Å². The number of amides is 1. The minimum Gasteiger partial charge on any atom is -0.495 e. The first-order chi connectivity index (χ1) is 13.1. The Kier molecular flexibility index (Phi) is 6.33. The van der Waals surface area contributed by atoms with Gasteiger partial charge in [-0.2, -0.15) is 0 Å². The van der Waals surface area contributed by atoms with Crippen molar-refractivity contribution < 1.29 is 23.5 Å². The second-order valence-corrected chi connectivity index (χ2v) is 6.74. The minimum atomic E-state index is -0.350. The third-order valence-electron chi connectivity index (χ3n) is 3.55. The highest BCUT2D eigenvalue weighted by Crippen LogP contribution is 2.35. The van der Waals surface area contributed by atoms with Crippen molar-refractivity contribution in [1.82, 2.24) is 5.16 Å². The van der Waals surface area contributed by atoms with E-state index in [9.17, 15) is 4.79 Å². The first kappa shape index (κ1) is 19.2. The standard InChI is InChI=1S/C18H17ClN2O5S/c1-23-14-8-15(24-2)13(7-12(14)19)20-18(22)10-25-9-11-6-16(26-21-11)17-4-3-5-27-17/h3-8H,9-10H2,1-2H3,(H,20,22). The molecule has 2 aromatic heterocycles. The Hall–Kier alpha value is -2.55. The molecule has 2 heterocycles. The molecule has 0 aliphatic carbocycles. The lowest BCUT2D eigenvalue weighted by atomic mass is 10.2. The van der Waals surface area contributed by atoms with Crippen LogP contribution < -0.4 is 14.8 Å². The Morgan fingerprint density at radius 1 is 1.26 bits per heavy atom. The summed E-state index contributed by atoms with van der Waals surface area (Å²) in [4.78, 5) is 13.1. The fourth-order valence-electron chi connectivity index (χ4n) is 2.31. The van der Waals surface area contributed by atoms with Crippen molar-refractivity contribution in [2.75, 3.05) is 26.1 Å². The molecule has 7 nitrogen and oxygen atoms in total. The molecule has 0 spiro atoms. The van der Waals surface area contributed by atoms with Crippen LogP contribution in [0.2, 0.25) is 5.02 Å². The maximum absolute atomic E-state index is 12.1. The van der Waals surface area contributed by atoms with Crippen molar-refractivity contribution in [3.05, 3.63) is 46.4 Å². The molecule has 0 unspecified atom stereocenters. The van der Waals surface area contributed by atoms with Crippen molar-refractivity contribution in [2.24, 2.45) is 0 Å². The largest absolute Gasteiger partial charge is 0.495 e. The van der Waals surface area contributed by atoms with Gasteiger partial charge in [-0.3, -0.25) is 4.79 Å². The van der Waals surface area contributed by atoms with Crippen LogP contribution in [-0.4, -0.2) is 31.9 Å². The maximum Gasteiger partial charge on any atom is 0.250 e. The number of halogens is 1. The van der Waals surface area contributed by atoms with Crippen LogP contribution in [0, 0.1) is 0 Å². The van der Waals surface area contributed by atoms with Gasteiger partial charge in [0.25, 0.3) is 0 Å². The molecule has 3 rings (SSSR count). The lowest BCUT2D eigenvalue weighted by Crippen LogP contribution is -2.18. The van der Waals surface area contributed by atoms with E-state index in [-0.39, 0.29) is 19.1 Å². The van der Waals surface area contributed by atoms with Gasteiger partial charge in [-0.1, -0.05) is 22.8 Å². The fraction of sp³-hybridized carbons (Fsp3) is 0.222. The normalized spacial score (nSPS) is 10.6. The topological polar surface area (TPSA) is 82.8 Å². The molecule has 3 aromatic rings. The van der Waals surface area contributed by atoms with Crippen molar-refractivity contribution in [3.63, 3.8) is 0 Å². The van der Waals surface area contributed by atoms with Crippen LogP contribution in [0.25, 0.3) is 10.6 Å². The molecule has 0 saturated carbocycles.